The molecule has 2 amide bonds. The van der Waals surface area contributed by atoms with Crippen LogP contribution in [0, 0.1) is 0 Å². The van der Waals surface area contributed by atoms with Gasteiger partial charge in [-0.25, -0.2) is 4.98 Å². The summed E-state index contributed by atoms with van der Waals surface area (Å²) < 4.78 is 7.08. The average molecular weight is 399 g/mol. The summed E-state index contributed by atoms with van der Waals surface area (Å²) in [7, 11) is 1.65. The normalized spacial score (nSPS) is 22.7. The van der Waals surface area contributed by atoms with Crippen molar-refractivity contribution in [2.45, 2.75) is 63.6 Å². The van der Waals surface area contributed by atoms with E-state index in [1.54, 1.807) is 12.0 Å². The number of benzene rings is 1. The van der Waals surface area contributed by atoms with Crippen LogP contribution in [0.2, 0.25) is 0 Å². The molecule has 7 nitrogen and oxygen atoms in total. The third-order valence-electron chi connectivity index (χ3n) is 6.31. The van der Waals surface area contributed by atoms with E-state index >= 15 is 0 Å². The van der Waals surface area contributed by atoms with Crippen LogP contribution in [-0.2, 0) is 16.1 Å². The van der Waals surface area contributed by atoms with Crippen molar-refractivity contribution < 1.29 is 14.3 Å². The molecule has 1 aliphatic heterocycles. The number of hydrogen-bond donors (Lipinski definition) is 1. The highest BCUT2D eigenvalue weighted by Gasteiger charge is 2.48. The van der Waals surface area contributed by atoms with Crippen molar-refractivity contribution in [3.05, 3.63) is 30.1 Å². The molecule has 1 atom stereocenters. The lowest BCUT2D eigenvalue weighted by atomic mass is 9.91. The standard InChI is InChI=1S/C22H30N4O3/c1-22(21(28)23-16-9-4-3-5-10-16)15-25-18-12-7-6-11-17(18)24-19(25)20(27)26(22)13-8-14-29-2/h6-7,11-12,16H,3-5,8-10,13-15H2,1-2H3,(H,23,28)/t22-/m1/s1. The smallest absolute Gasteiger partial charge is 0.290 e. The Labute approximate surface area is 171 Å². The molecular formula is C22H30N4O3. The molecule has 1 aromatic heterocycles. The maximum absolute atomic E-state index is 13.5. The minimum Gasteiger partial charge on any atom is -0.385 e. The van der Waals surface area contributed by atoms with E-state index < -0.39 is 5.54 Å². The van der Waals surface area contributed by atoms with Crippen LogP contribution in [0.5, 0.6) is 0 Å². The summed E-state index contributed by atoms with van der Waals surface area (Å²) in [5.74, 6) is 0.148. The van der Waals surface area contributed by atoms with Gasteiger partial charge < -0.3 is 19.5 Å². The van der Waals surface area contributed by atoms with Crippen molar-refractivity contribution in [3.63, 3.8) is 0 Å². The van der Waals surface area contributed by atoms with Gasteiger partial charge in [-0.1, -0.05) is 31.4 Å². The highest BCUT2D eigenvalue weighted by Crippen LogP contribution is 2.31. The van der Waals surface area contributed by atoms with Crippen LogP contribution in [0.25, 0.3) is 11.0 Å². The maximum Gasteiger partial charge on any atom is 0.290 e. The first-order chi connectivity index (χ1) is 14.0. The van der Waals surface area contributed by atoms with Gasteiger partial charge in [0.25, 0.3) is 5.91 Å². The zero-order valence-electron chi connectivity index (χ0n) is 17.3. The van der Waals surface area contributed by atoms with Crippen LogP contribution in [0.4, 0.5) is 0 Å². The molecule has 1 N–H and O–H groups in total. The highest BCUT2D eigenvalue weighted by atomic mass is 16.5. The Bertz CT molecular complexity index is 903. The van der Waals surface area contributed by atoms with Crippen LogP contribution in [0.1, 0.15) is 56.1 Å². The molecule has 1 aliphatic carbocycles. The van der Waals surface area contributed by atoms with Crippen LogP contribution in [0.15, 0.2) is 24.3 Å². The number of fused-ring (bicyclic) bond motifs is 3. The fraction of sp³-hybridized carbons (Fsp3) is 0.591. The van der Waals surface area contributed by atoms with E-state index in [9.17, 15) is 9.59 Å². The number of amides is 2. The molecule has 0 saturated heterocycles. The minimum absolute atomic E-state index is 0.0707. The van der Waals surface area contributed by atoms with Gasteiger partial charge in [-0.15, -0.1) is 0 Å². The average Bonchev–Trinajstić information content (AvgIpc) is 3.10. The Morgan fingerprint density at radius 2 is 2.03 bits per heavy atom. The van der Waals surface area contributed by atoms with Crippen molar-refractivity contribution in [1.82, 2.24) is 19.8 Å². The Kier molecular flexibility index (Phi) is 5.58. The molecule has 4 rings (SSSR count). The molecule has 1 aromatic carbocycles. The van der Waals surface area contributed by atoms with E-state index in [0.29, 0.717) is 31.9 Å². The zero-order valence-corrected chi connectivity index (χ0v) is 17.3. The van der Waals surface area contributed by atoms with E-state index in [1.807, 2.05) is 35.8 Å². The van der Waals surface area contributed by atoms with Gasteiger partial charge in [-0.3, -0.25) is 9.59 Å². The summed E-state index contributed by atoms with van der Waals surface area (Å²) in [6.07, 6.45) is 6.23. The third kappa shape index (κ3) is 3.64. The molecular weight excluding hydrogens is 368 g/mol. The molecule has 0 radical (unpaired) electrons. The number of rotatable bonds is 6. The lowest BCUT2D eigenvalue weighted by Crippen LogP contribution is -2.65. The summed E-state index contributed by atoms with van der Waals surface area (Å²) in [6, 6.07) is 7.91. The molecule has 0 bridgehead atoms. The number of ether oxygens (including phenoxy) is 1. The second-order valence-corrected chi connectivity index (χ2v) is 8.40. The van der Waals surface area contributed by atoms with Gasteiger partial charge in [0.2, 0.25) is 5.91 Å². The lowest BCUT2D eigenvalue weighted by Gasteiger charge is -2.44. The van der Waals surface area contributed by atoms with Crippen LogP contribution in [-0.4, -0.2) is 58.1 Å². The molecule has 2 aromatic rings. The molecule has 7 heteroatoms. The van der Waals surface area contributed by atoms with Crippen molar-refractivity contribution in [2.75, 3.05) is 20.3 Å². The summed E-state index contributed by atoms with van der Waals surface area (Å²) in [6.45, 7) is 3.29. The van der Waals surface area contributed by atoms with Crippen LogP contribution < -0.4 is 5.32 Å². The first kappa shape index (κ1) is 19.9. The van der Waals surface area contributed by atoms with Crippen LogP contribution >= 0.6 is 0 Å². The second kappa shape index (κ2) is 8.14. The fourth-order valence-corrected chi connectivity index (χ4v) is 4.63. The van der Waals surface area contributed by atoms with E-state index in [0.717, 1.165) is 36.7 Å². The van der Waals surface area contributed by atoms with Gasteiger partial charge in [-0.05, 0) is 38.3 Å². The van der Waals surface area contributed by atoms with Gasteiger partial charge in [-0.2, -0.15) is 0 Å². The van der Waals surface area contributed by atoms with Gasteiger partial charge in [0.15, 0.2) is 5.82 Å². The summed E-state index contributed by atoms with van der Waals surface area (Å²) in [5.41, 5.74) is 0.715. The first-order valence-corrected chi connectivity index (χ1v) is 10.6. The summed E-state index contributed by atoms with van der Waals surface area (Å²) >= 11 is 0. The van der Waals surface area contributed by atoms with Crippen molar-refractivity contribution in [2.24, 2.45) is 0 Å². The van der Waals surface area contributed by atoms with Crippen molar-refractivity contribution >= 4 is 22.8 Å². The molecule has 1 fully saturated rings. The number of methoxy groups -OCH3 is 1. The van der Waals surface area contributed by atoms with Crippen molar-refractivity contribution in [3.8, 4) is 0 Å². The van der Waals surface area contributed by atoms with E-state index in [4.69, 9.17) is 4.74 Å². The van der Waals surface area contributed by atoms with Gasteiger partial charge in [0.05, 0.1) is 17.6 Å². The number of para-hydroxylation sites is 2. The lowest BCUT2D eigenvalue weighted by molar-refractivity contribution is -0.134. The van der Waals surface area contributed by atoms with E-state index in [2.05, 4.69) is 10.3 Å². The SMILES string of the molecule is COCCCN1C(=O)c2nc3ccccc3n2C[C@]1(C)C(=O)NC1CCCCC1. The molecule has 1 saturated carbocycles. The molecule has 0 unspecified atom stereocenters. The topological polar surface area (TPSA) is 76.5 Å². The quantitative estimate of drug-likeness (QED) is 0.759. The fourth-order valence-electron chi connectivity index (χ4n) is 4.63. The Morgan fingerprint density at radius 3 is 2.79 bits per heavy atom. The molecule has 156 valence electrons. The van der Waals surface area contributed by atoms with Gasteiger partial charge >= 0.3 is 0 Å². The van der Waals surface area contributed by atoms with Crippen LogP contribution in [0.3, 0.4) is 0 Å². The van der Waals surface area contributed by atoms with E-state index in [-0.39, 0.29) is 17.9 Å². The first-order valence-electron chi connectivity index (χ1n) is 10.6. The Hall–Kier alpha value is -2.41. The van der Waals surface area contributed by atoms with Gasteiger partial charge in [0.1, 0.15) is 5.54 Å². The van der Waals surface area contributed by atoms with Gasteiger partial charge in [0, 0.05) is 26.3 Å². The Balaban J connectivity index is 1.68. The van der Waals surface area contributed by atoms with Crippen molar-refractivity contribution in [1.29, 1.82) is 0 Å². The summed E-state index contributed by atoms with van der Waals surface area (Å²) in [4.78, 5) is 33.2. The number of aromatic nitrogens is 2. The number of carbonyl (C=O) groups is 2. The number of nitrogens with one attached hydrogen (secondary N) is 1. The minimum atomic E-state index is -0.960. The third-order valence-corrected chi connectivity index (χ3v) is 6.31. The molecule has 0 spiro atoms. The number of carbonyl (C=O) groups excluding carboxylic acids is 2. The molecule has 2 heterocycles. The number of imidazole rings is 1. The predicted molar refractivity (Wildman–Crippen MR) is 111 cm³/mol. The largest absolute Gasteiger partial charge is 0.385 e. The predicted octanol–water partition coefficient (Wildman–Crippen LogP) is 2.74. The Morgan fingerprint density at radius 1 is 1.28 bits per heavy atom. The number of hydrogen-bond acceptors (Lipinski definition) is 4. The molecule has 2 aliphatic rings. The summed E-state index contributed by atoms with van der Waals surface area (Å²) in [5, 5.41) is 3.24. The second-order valence-electron chi connectivity index (χ2n) is 8.40. The number of nitrogens with zero attached hydrogens (tertiary/aromatic N) is 3. The monoisotopic (exact) mass is 398 g/mol. The zero-order chi connectivity index (χ0) is 20.4. The maximum atomic E-state index is 13.5. The highest BCUT2D eigenvalue weighted by molar-refractivity contribution is 6.01. The molecule has 29 heavy (non-hydrogen) atoms. The van der Waals surface area contributed by atoms with E-state index in [1.165, 1.54) is 6.42 Å².